The van der Waals surface area contributed by atoms with E-state index in [2.05, 4.69) is 36.8 Å². The molecule has 5 heteroatoms. The standard InChI is InChI=1S/C11H6Br2FNO/c12-7-4-5-9(8(14)6-7)16-11-3-1-2-10(13)15-11/h1-6H. The fourth-order valence-electron chi connectivity index (χ4n) is 1.12. The number of nitrogens with zero attached hydrogens (tertiary/aromatic N) is 1. The number of hydrogen-bond acceptors (Lipinski definition) is 2. The maximum absolute atomic E-state index is 13.4. The number of pyridine rings is 1. The monoisotopic (exact) mass is 345 g/mol. The lowest BCUT2D eigenvalue weighted by atomic mass is 10.3. The van der Waals surface area contributed by atoms with Gasteiger partial charge >= 0.3 is 0 Å². The van der Waals surface area contributed by atoms with Crippen LogP contribution in [0.4, 0.5) is 4.39 Å². The predicted molar refractivity (Wildman–Crippen MR) is 66.1 cm³/mol. The van der Waals surface area contributed by atoms with E-state index in [1.54, 1.807) is 30.3 Å². The molecular formula is C11H6Br2FNO. The number of rotatable bonds is 2. The summed E-state index contributed by atoms with van der Waals surface area (Å²) in [6, 6.07) is 9.78. The summed E-state index contributed by atoms with van der Waals surface area (Å²) in [5.74, 6) is 0.0561. The minimum atomic E-state index is -0.434. The van der Waals surface area contributed by atoms with Crippen LogP contribution in [0.1, 0.15) is 0 Å². The van der Waals surface area contributed by atoms with Crippen molar-refractivity contribution in [2.45, 2.75) is 0 Å². The van der Waals surface area contributed by atoms with Gasteiger partial charge in [-0.1, -0.05) is 22.0 Å². The molecule has 2 nitrogen and oxygen atoms in total. The van der Waals surface area contributed by atoms with Crippen molar-refractivity contribution in [2.75, 3.05) is 0 Å². The Hall–Kier alpha value is -0.940. The maximum atomic E-state index is 13.4. The highest BCUT2D eigenvalue weighted by molar-refractivity contribution is 9.10. The van der Waals surface area contributed by atoms with Crippen LogP contribution in [-0.4, -0.2) is 4.98 Å². The number of halogens is 3. The summed E-state index contributed by atoms with van der Waals surface area (Å²) in [6.45, 7) is 0. The van der Waals surface area contributed by atoms with Crippen LogP contribution in [-0.2, 0) is 0 Å². The fourth-order valence-corrected chi connectivity index (χ4v) is 1.78. The van der Waals surface area contributed by atoms with Crippen LogP contribution in [0.3, 0.4) is 0 Å². The summed E-state index contributed by atoms with van der Waals surface area (Å²) in [5.41, 5.74) is 0. The zero-order chi connectivity index (χ0) is 11.5. The predicted octanol–water partition coefficient (Wildman–Crippen LogP) is 4.54. The Labute approximate surface area is 109 Å². The second kappa shape index (κ2) is 4.93. The molecule has 2 rings (SSSR count). The number of ether oxygens (including phenoxy) is 1. The van der Waals surface area contributed by atoms with Crippen LogP contribution in [0.25, 0.3) is 0 Å². The van der Waals surface area contributed by atoms with Gasteiger partial charge in [-0.25, -0.2) is 9.37 Å². The first-order chi connectivity index (χ1) is 7.65. The molecule has 0 N–H and O–H groups in total. The van der Waals surface area contributed by atoms with Gasteiger partial charge in [-0.05, 0) is 40.2 Å². The Morgan fingerprint density at radius 1 is 1.12 bits per heavy atom. The summed E-state index contributed by atoms with van der Waals surface area (Å²) in [7, 11) is 0. The van der Waals surface area contributed by atoms with E-state index in [0.717, 1.165) is 0 Å². The first-order valence-electron chi connectivity index (χ1n) is 4.40. The average molecular weight is 347 g/mol. The second-order valence-electron chi connectivity index (χ2n) is 2.98. The molecule has 0 aliphatic rings. The van der Waals surface area contributed by atoms with E-state index in [9.17, 15) is 4.39 Å². The molecule has 0 atom stereocenters. The van der Waals surface area contributed by atoms with Crippen molar-refractivity contribution in [3.63, 3.8) is 0 Å². The molecule has 1 heterocycles. The molecule has 0 aliphatic carbocycles. The van der Waals surface area contributed by atoms with Gasteiger partial charge in [0, 0.05) is 10.5 Å². The molecule has 0 unspecified atom stereocenters. The van der Waals surface area contributed by atoms with Crippen LogP contribution in [0.2, 0.25) is 0 Å². The van der Waals surface area contributed by atoms with E-state index in [1.807, 2.05) is 0 Å². The van der Waals surface area contributed by atoms with Gasteiger partial charge < -0.3 is 4.74 Å². The Balaban J connectivity index is 2.27. The Bertz CT molecular complexity index is 519. The Kier molecular flexibility index (Phi) is 3.56. The molecule has 0 fully saturated rings. The van der Waals surface area contributed by atoms with Gasteiger partial charge in [0.2, 0.25) is 5.88 Å². The van der Waals surface area contributed by atoms with E-state index in [1.165, 1.54) is 6.07 Å². The first kappa shape index (κ1) is 11.5. The van der Waals surface area contributed by atoms with Crippen molar-refractivity contribution in [1.29, 1.82) is 0 Å². The SMILES string of the molecule is Fc1cc(Br)ccc1Oc1cccc(Br)n1. The molecule has 0 radical (unpaired) electrons. The van der Waals surface area contributed by atoms with Gasteiger partial charge in [0.1, 0.15) is 4.60 Å². The van der Waals surface area contributed by atoms with E-state index in [4.69, 9.17) is 4.74 Å². The lowest BCUT2D eigenvalue weighted by Gasteiger charge is -2.05. The van der Waals surface area contributed by atoms with Crippen LogP contribution in [0.5, 0.6) is 11.6 Å². The van der Waals surface area contributed by atoms with Crippen molar-refractivity contribution in [3.05, 3.63) is 51.3 Å². The smallest absolute Gasteiger partial charge is 0.220 e. The number of aromatic nitrogens is 1. The van der Waals surface area contributed by atoms with Gasteiger partial charge in [-0.3, -0.25) is 0 Å². The molecule has 2 aromatic rings. The summed E-state index contributed by atoms with van der Waals surface area (Å²) in [6.07, 6.45) is 0. The highest BCUT2D eigenvalue weighted by Crippen LogP contribution is 2.26. The minimum absolute atomic E-state index is 0.147. The quantitative estimate of drug-likeness (QED) is 0.745. The second-order valence-corrected chi connectivity index (χ2v) is 4.70. The van der Waals surface area contributed by atoms with Gasteiger partial charge in [-0.15, -0.1) is 0 Å². The summed E-state index contributed by atoms with van der Waals surface area (Å²) < 4.78 is 20.1. The molecule has 1 aromatic heterocycles. The number of benzene rings is 1. The van der Waals surface area contributed by atoms with Crippen molar-refractivity contribution in [1.82, 2.24) is 4.98 Å². The van der Waals surface area contributed by atoms with Crippen molar-refractivity contribution in [3.8, 4) is 11.6 Å². The van der Waals surface area contributed by atoms with Crippen molar-refractivity contribution >= 4 is 31.9 Å². The van der Waals surface area contributed by atoms with Crippen LogP contribution in [0.15, 0.2) is 45.5 Å². The molecule has 0 aliphatic heterocycles. The highest BCUT2D eigenvalue weighted by atomic mass is 79.9. The molecule has 0 spiro atoms. The van der Waals surface area contributed by atoms with Crippen molar-refractivity contribution < 1.29 is 9.13 Å². The summed E-state index contributed by atoms with van der Waals surface area (Å²) in [4.78, 5) is 4.05. The fraction of sp³-hybridized carbons (Fsp3) is 0. The molecule has 0 saturated heterocycles. The largest absolute Gasteiger partial charge is 0.436 e. The van der Waals surface area contributed by atoms with Crippen LogP contribution in [0, 0.1) is 5.82 Å². The van der Waals surface area contributed by atoms with Crippen LogP contribution < -0.4 is 4.74 Å². The zero-order valence-corrected chi connectivity index (χ0v) is 11.1. The zero-order valence-electron chi connectivity index (χ0n) is 7.95. The molecular weight excluding hydrogens is 341 g/mol. The number of hydrogen-bond donors (Lipinski definition) is 0. The highest BCUT2D eigenvalue weighted by Gasteiger charge is 2.06. The van der Waals surface area contributed by atoms with Gasteiger partial charge in [0.15, 0.2) is 11.6 Å². The van der Waals surface area contributed by atoms with E-state index in [0.29, 0.717) is 15.0 Å². The van der Waals surface area contributed by atoms with Crippen LogP contribution >= 0.6 is 31.9 Å². The summed E-state index contributed by atoms with van der Waals surface area (Å²) in [5, 5.41) is 0. The third kappa shape index (κ3) is 2.80. The van der Waals surface area contributed by atoms with Crippen molar-refractivity contribution in [2.24, 2.45) is 0 Å². The Morgan fingerprint density at radius 3 is 2.62 bits per heavy atom. The molecule has 0 saturated carbocycles. The minimum Gasteiger partial charge on any atom is -0.436 e. The van der Waals surface area contributed by atoms with E-state index < -0.39 is 5.82 Å². The first-order valence-corrected chi connectivity index (χ1v) is 5.99. The Morgan fingerprint density at radius 2 is 1.94 bits per heavy atom. The maximum Gasteiger partial charge on any atom is 0.220 e. The summed E-state index contributed by atoms with van der Waals surface area (Å²) >= 11 is 6.39. The van der Waals surface area contributed by atoms with E-state index in [-0.39, 0.29) is 5.75 Å². The average Bonchev–Trinajstić information content (AvgIpc) is 2.22. The molecule has 82 valence electrons. The molecule has 16 heavy (non-hydrogen) atoms. The van der Waals surface area contributed by atoms with E-state index >= 15 is 0 Å². The third-order valence-electron chi connectivity index (χ3n) is 1.80. The van der Waals surface area contributed by atoms with Gasteiger partial charge in [0.25, 0.3) is 0 Å². The lowest BCUT2D eigenvalue weighted by molar-refractivity contribution is 0.426. The van der Waals surface area contributed by atoms with Gasteiger partial charge in [-0.2, -0.15) is 0 Å². The molecule has 0 bridgehead atoms. The van der Waals surface area contributed by atoms with Gasteiger partial charge in [0.05, 0.1) is 0 Å². The normalized spacial score (nSPS) is 10.2. The topological polar surface area (TPSA) is 22.1 Å². The lowest BCUT2D eigenvalue weighted by Crippen LogP contribution is -1.90. The molecule has 0 amide bonds. The third-order valence-corrected chi connectivity index (χ3v) is 2.73. The molecule has 1 aromatic carbocycles.